The van der Waals surface area contributed by atoms with Crippen LogP contribution in [0.25, 0.3) is 0 Å². The Morgan fingerprint density at radius 3 is 2.32 bits per heavy atom. The van der Waals surface area contributed by atoms with Gasteiger partial charge in [-0.05, 0) is 56.2 Å². The van der Waals surface area contributed by atoms with E-state index in [4.69, 9.17) is 23.2 Å². The van der Waals surface area contributed by atoms with Crippen molar-refractivity contribution < 1.29 is 13.2 Å². The maximum atomic E-state index is 12.9. The molecule has 1 saturated heterocycles. The molecule has 0 amide bonds. The average Bonchev–Trinajstić information content (AvgIpc) is 3.56. The highest BCUT2D eigenvalue weighted by atomic mass is 35.5. The van der Waals surface area contributed by atoms with Crippen LogP contribution >= 0.6 is 23.2 Å². The number of hydrogen-bond acceptors (Lipinski definition) is 4. The van der Waals surface area contributed by atoms with Crippen LogP contribution in [0.4, 0.5) is 0 Å². The molecule has 0 atom stereocenters. The summed E-state index contributed by atoms with van der Waals surface area (Å²) < 4.78 is 27.0. The Morgan fingerprint density at radius 1 is 1.03 bits per heavy atom. The number of ketones is 1. The molecule has 0 radical (unpaired) electrons. The summed E-state index contributed by atoms with van der Waals surface area (Å²) in [7, 11) is -3.14. The van der Waals surface area contributed by atoms with E-state index in [0.717, 1.165) is 58.0 Å². The first-order valence-electron chi connectivity index (χ1n) is 11.5. The van der Waals surface area contributed by atoms with E-state index >= 15 is 0 Å². The van der Waals surface area contributed by atoms with Gasteiger partial charge in [-0.25, -0.2) is 8.42 Å². The number of carbonyl (C=O) groups is 1. The second-order valence-corrected chi connectivity index (χ2v) is 12.3. The number of benzene rings is 1. The lowest BCUT2D eigenvalue weighted by molar-refractivity contribution is 0.0165. The highest BCUT2D eigenvalue weighted by Gasteiger charge is 2.41. The molecule has 172 valence electrons. The van der Waals surface area contributed by atoms with Crippen molar-refractivity contribution in [1.82, 2.24) is 9.21 Å². The molecule has 0 spiro atoms. The zero-order valence-electron chi connectivity index (χ0n) is 18.0. The Kier molecular flexibility index (Phi) is 7.34. The standard InChI is InChI=1S/C23H32Cl2N2O3S/c24-19-6-7-20(21(25)16-19)22(28)8-11-23(9-2-1-3-10-23)26-12-14-27(15-13-26)31(29,30)17-18-4-5-18/h6-7,16,18H,1-5,8-15,17H2. The molecular formula is C23H32Cl2N2O3S. The first-order valence-corrected chi connectivity index (χ1v) is 13.9. The highest BCUT2D eigenvalue weighted by Crippen LogP contribution is 2.39. The lowest BCUT2D eigenvalue weighted by Crippen LogP contribution is -2.59. The number of Topliss-reactive ketones (excluding diaryl/α,β-unsaturated/α-hetero) is 1. The van der Waals surface area contributed by atoms with Crippen LogP contribution in [0.3, 0.4) is 0 Å². The fraction of sp³-hybridized carbons (Fsp3) is 0.696. The second-order valence-electron chi connectivity index (χ2n) is 9.44. The SMILES string of the molecule is O=C(CCC1(N2CCN(S(=O)(=O)CC3CC3)CC2)CCCCC1)c1ccc(Cl)cc1Cl. The minimum atomic E-state index is -3.14. The van der Waals surface area contributed by atoms with Crippen molar-refractivity contribution >= 4 is 39.0 Å². The van der Waals surface area contributed by atoms with Gasteiger partial charge in [-0.1, -0.05) is 42.5 Å². The van der Waals surface area contributed by atoms with Gasteiger partial charge in [-0.15, -0.1) is 0 Å². The van der Waals surface area contributed by atoms with Gasteiger partial charge in [0, 0.05) is 48.7 Å². The van der Waals surface area contributed by atoms with E-state index in [2.05, 4.69) is 4.90 Å². The maximum absolute atomic E-state index is 12.9. The molecule has 3 fully saturated rings. The third-order valence-electron chi connectivity index (χ3n) is 7.28. The summed E-state index contributed by atoms with van der Waals surface area (Å²) in [5.74, 6) is 0.741. The largest absolute Gasteiger partial charge is 0.295 e. The number of hydrogen-bond donors (Lipinski definition) is 0. The van der Waals surface area contributed by atoms with Gasteiger partial charge in [0.15, 0.2) is 5.78 Å². The number of piperazine rings is 1. The van der Waals surface area contributed by atoms with Crippen LogP contribution in [0, 0.1) is 5.92 Å². The fourth-order valence-electron chi connectivity index (χ4n) is 5.26. The van der Waals surface area contributed by atoms with Crippen LogP contribution in [-0.2, 0) is 10.0 Å². The van der Waals surface area contributed by atoms with Crippen molar-refractivity contribution in [1.29, 1.82) is 0 Å². The van der Waals surface area contributed by atoms with Crippen LogP contribution in [0.5, 0.6) is 0 Å². The highest BCUT2D eigenvalue weighted by molar-refractivity contribution is 7.89. The molecule has 2 saturated carbocycles. The van der Waals surface area contributed by atoms with E-state index in [1.165, 1.54) is 6.42 Å². The molecule has 3 aliphatic rings. The normalized spacial score (nSPS) is 23.0. The van der Waals surface area contributed by atoms with Gasteiger partial charge >= 0.3 is 0 Å². The van der Waals surface area contributed by atoms with Crippen molar-refractivity contribution in [3.63, 3.8) is 0 Å². The third-order valence-corrected chi connectivity index (χ3v) is 9.87. The average molecular weight is 487 g/mol. The summed E-state index contributed by atoms with van der Waals surface area (Å²) >= 11 is 12.2. The summed E-state index contributed by atoms with van der Waals surface area (Å²) in [6, 6.07) is 5.04. The number of nitrogens with zero attached hydrogens (tertiary/aromatic N) is 2. The van der Waals surface area contributed by atoms with Crippen molar-refractivity contribution in [3.05, 3.63) is 33.8 Å². The molecule has 1 heterocycles. The summed E-state index contributed by atoms with van der Waals surface area (Å²) in [6.07, 6.45) is 9.04. The zero-order chi connectivity index (χ0) is 22.1. The summed E-state index contributed by atoms with van der Waals surface area (Å²) in [5.41, 5.74) is 0.520. The predicted molar refractivity (Wildman–Crippen MR) is 125 cm³/mol. The number of carbonyl (C=O) groups excluding carboxylic acids is 1. The lowest BCUT2D eigenvalue weighted by atomic mass is 9.76. The molecule has 5 nitrogen and oxygen atoms in total. The van der Waals surface area contributed by atoms with E-state index in [1.807, 2.05) is 0 Å². The Morgan fingerprint density at radius 2 is 1.71 bits per heavy atom. The van der Waals surface area contributed by atoms with Crippen LogP contribution in [-0.4, -0.2) is 60.9 Å². The van der Waals surface area contributed by atoms with Gasteiger partial charge in [-0.3, -0.25) is 9.69 Å². The molecule has 2 aliphatic carbocycles. The van der Waals surface area contributed by atoms with Crippen LogP contribution in [0.15, 0.2) is 18.2 Å². The first-order chi connectivity index (χ1) is 14.8. The van der Waals surface area contributed by atoms with Gasteiger partial charge in [0.2, 0.25) is 10.0 Å². The Hall–Kier alpha value is -0.660. The Bertz CT molecular complexity index is 903. The predicted octanol–water partition coefficient (Wildman–Crippen LogP) is 5.02. The molecule has 0 aromatic heterocycles. The van der Waals surface area contributed by atoms with Gasteiger partial charge in [0.25, 0.3) is 0 Å². The molecule has 1 aromatic rings. The molecule has 0 N–H and O–H groups in total. The molecule has 0 unspecified atom stereocenters. The van der Waals surface area contributed by atoms with Gasteiger partial charge < -0.3 is 0 Å². The van der Waals surface area contributed by atoms with Crippen LogP contribution in [0.1, 0.15) is 68.1 Å². The lowest BCUT2D eigenvalue weighted by Gasteiger charge is -2.50. The minimum absolute atomic E-state index is 0.0147. The maximum Gasteiger partial charge on any atom is 0.214 e. The fourth-order valence-corrected chi connectivity index (χ4v) is 7.63. The van der Waals surface area contributed by atoms with Crippen molar-refractivity contribution in [3.8, 4) is 0 Å². The molecule has 4 rings (SSSR count). The first kappa shape index (κ1) is 23.5. The molecule has 8 heteroatoms. The smallest absolute Gasteiger partial charge is 0.214 e. The third kappa shape index (κ3) is 5.64. The van der Waals surface area contributed by atoms with Crippen molar-refractivity contribution in [2.45, 2.75) is 63.3 Å². The van der Waals surface area contributed by atoms with E-state index in [1.54, 1.807) is 22.5 Å². The summed E-state index contributed by atoms with van der Waals surface area (Å²) in [6.45, 7) is 2.63. The Labute approximate surface area is 196 Å². The zero-order valence-corrected chi connectivity index (χ0v) is 20.3. The van der Waals surface area contributed by atoms with Gasteiger partial charge in [-0.2, -0.15) is 4.31 Å². The number of sulfonamides is 1. The van der Waals surface area contributed by atoms with Crippen LogP contribution < -0.4 is 0 Å². The van der Waals surface area contributed by atoms with E-state index in [-0.39, 0.29) is 11.3 Å². The molecule has 0 bridgehead atoms. The molecule has 1 aromatic carbocycles. The topological polar surface area (TPSA) is 57.7 Å². The van der Waals surface area contributed by atoms with E-state index < -0.39 is 10.0 Å². The second kappa shape index (κ2) is 9.68. The molecule has 1 aliphatic heterocycles. The van der Waals surface area contributed by atoms with Crippen molar-refractivity contribution in [2.75, 3.05) is 31.9 Å². The monoisotopic (exact) mass is 486 g/mol. The Balaban J connectivity index is 1.40. The quantitative estimate of drug-likeness (QED) is 0.484. The van der Waals surface area contributed by atoms with Crippen molar-refractivity contribution in [2.24, 2.45) is 5.92 Å². The van der Waals surface area contributed by atoms with Gasteiger partial charge in [0.05, 0.1) is 10.8 Å². The summed E-state index contributed by atoms with van der Waals surface area (Å²) in [5, 5.41) is 0.935. The number of rotatable bonds is 8. The van der Waals surface area contributed by atoms with E-state index in [0.29, 0.717) is 46.8 Å². The number of halogens is 2. The van der Waals surface area contributed by atoms with Crippen LogP contribution in [0.2, 0.25) is 10.0 Å². The summed E-state index contributed by atoms with van der Waals surface area (Å²) in [4.78, 5) is 15.4. The molecule has 31 heavy (non-hydrogen) atoms. The van der Waals surface area contributed by atoms with E-state index in [9.17, 15) is 13.2 Å². The van der Waals surface area contributed by atoms with Gasteiger partial charge in [0.1, 0.15) is 0 Å². The molecular weight excluding hydrogens is 455 g/mol. The minimum Gasteiger partial charge on any atom is -0.295 e.